The minimum atomic E-state index is 0.862. The molecule has 0 saturated heterocycles. The van der Waals surface area contributed by atoms with Crippen molar-refractivity contribution in [3.63, 3.8) is 0 Å². The number of pyridine rings is 1. The second-order valence-electron chi connectivity index (χ2n) is 2.33. The quantitative estimate of drug-likeness (QED) is 0.517. The van der Waals surface area contributed by atoms with Crippen LogP contribution in [0.2, 0.25) is 0 Å². The number of allylic oxidation sites excluding steroid dienone is 3. The van der Waals surface area contributed by atoms with Gasteiger partial charge < -0.3 is 5.41 Å². The van der Waals surface area contributed by atoms with Crippen LogP contribution in [0.25, 0.3) is 5.57 Å². The lowest BCUT2D eigenvalue weighted by atomic mass is 10.1. The molecule has 1 N–H and O–H groups in total. The topological polar surface area (TPSA) is 36.7 Å². The summed E-state index contributed by atoms with van der Waals surface area (Å²) in [6, 6.07) is 3.80. The van der Waals surface area contributed by atoms with Crippen molar-refractivity contribution >= 4 is 34.4 Å². The summed E-state index contributed by atoms with van der Waals surface area (Å²) in [5.41, 5.74) is 1.83. The minimum absolute atomic E-state index is 0.862. The molecular weight excluding hydrogens is 275 g/mol. The van der Waals surface area contributed by atoms with E-state index in [1.807, 2.05) is 28.4 Å². The number of hydrogen-bond donors (Lipinski definition) is 1. The zero-order chi connectivity index (χ0) is 9.52. The molecule has 1 heterocycles. The van der Waals surface area contributed by atoms with Crippen LogP contribution in [0, 0.1) is 5.41 Å². The van der Waals surface area contributed by atoms with Crippen molar-refractivity contribution in [2.24, 2.45) is 0 Å². The summed E-state index contributed by atoms with van der Waals surface area (Å²) in [5.74, 6) is 0. The molecule has 0 aliphatic heterocycles. The Balaban J connectivity index is 2.98. The maximum atomic E-state index is 7.22. The van der Waals surface area contributed by atoms with E-state index in [0.717, 1.165) is 11.1 Å². The molecular formula is C10H9IN2. The summed E-state index contributed by atoms with van der Waals surface area (Å²) in [4.78, 5) is 3.99. The van der Waals surface area contributed by atoms with E-state index in [4.69, 9.17) is 5.41 Å². The first-order chi connectivity index (χ1) is 6.38. The van der Waals surface area contributed by atoms with Gasteiger partial charge in [0, 0.05) is 29.7 Å². The molecule has 1 aromatic heterocycles. The van der Waals surface area contributed by atoms with E-state index in [1.165, 1.54) is 6.21 Å². The Kier molecular flexibility index (Phi) is 4.39. The van der Waals surface area contributed by atoms with Crippen LogP contribution in [-0.2, 0) is 0 Å². The molecule has 13 heavy (non-hydrogen) atoms. The van der Waals surface area contributed by atoms with Crippen molar-refractivity contribution in [3.8, 4) is 0 Å². The molecule has 0 spiro atoms. The van der Waals surface area contributed by atoms with Gasteiger partial charge >= 0.3 is 0 Å². The number of rotatable bonds is 3. The van der Waals surface area contributed by atoms with Crippen LogP contribution in [0.15, 0.2) is 40.8 Å². The van der Waals surface area contributed by atoms with E-state index >= 15 is 0 Å². The van der Waals surface area contributed by atoms with E-state index < -0.39 is 0 Å². The van der Waals surface area contributed by atoms with Crippen molar-refractivity contribution < 1.29 is 0 Å². The summed E-state index contributed by atoms with van der Waals surface area (Å²) in [7, 11) is 0. The van der Waals surface area contributed by atoms with Crippen LogP contribution in [0.4, 0.5) is 0 Å². The maximum absolute atomic E-state index is 7.22. The van der Waals surface area contributed by atoms with E-state index in [2.05, 4.69) is 27.6 Å². The van der Waals surface area contributed by atoms with Gasteiger partial charge in [-0.2, -0.15) is 0 Å². The molecule has 0 amide bonds. The van der Waals surface area contributed by atoms with Crippen LogP contribution in [0.3, 0.4) is 0 Å². The molecule has 0 atom stereocenters. The molecule has 0 aliphatic carbocycles. The van der Waals surface area contributed by atoms with E-state index in [0.29, 0.717) is 0 Å². The first-order valence-electron chi connectivity index (χ1n) is 3.76. The van der Waals surface area contributed by atoms with Crippen LogP contribution in [0.5, 0.6) is 0 Å². The Morgan fingerprint density at radius 1 is 1.54 bits per heavy atom. The van der Waals surface area contributed by atoms with E-state index in [9.17, 15) is 0 Å². The molecule has 0 fully saturated rings. The Morgan fingerprint density at radius 3 is 2.92 bits per heavy atom. The number of aromatic nitrogens is 1. The average molecular weight is 284 g/mol. The fraction of sp³-hybridized carbons (Fsp3) is 0. The van der Waals surface area contributed by atoms with Gasteiger partial charge in [-0.25, -0.2) is 0 Å². The average Bonchev–Trinajstić information content (AvgIpc) is 2.21. The third-order valence-corrected chi connectivity index (χ3v) is 1.91. The third kappa shape index (κ3) is 3.10. The van der Waals surface area contributed by atoms with Crippen molar-refractivity contribution in [1.82, 2.24) is 4.98 Å². The Hall–Kier alpha value is -0.970. The Bertz CT molecular complexity index is 328. The number of nitrogens with one attached hydrogen (secondary N) is 1. The smallest absolute Gasteiger partial charge is 0.0346 e. The molecule has 3 heteroatoms. The van der Waals surface area contributed by atoms with Gasteiger partial charge in [-0.3, -0.25) is 4.98 Å². The van der Waals surface area contributed by atoms with Crippen LogP contribution >= 0.6 is 22.6 Å². The van der Waals surface area contributed by atoms with Gasteiger partial charge in [0.25, 0.3) is 0 Å². The molecule has 0 unspecified atom stereocenters. The van der Waals surface area contributed by atoms with Gasteiger partial charge in [0.1, 0.15) is 0 Å². The minimum Gasteiger partial charge on any atom is -0.308 e. The predicted molar refractivity (Wildman–Crippen MR) is 64.2 cm³/mol. The zero-order valence-electron chi connectivity index (χ0n) is 6.94. The van der Waals surface area contributed by atoms with Gasteiger partial charge in [0.15, 0.2) is 0 Å². The molecule has 1 aromatic rings. The lowest BCUT2D eigenvalue weighted by Gasteiger charge is -1.97. The first kappa shape index (κ1) is 10.1. The molecule has 66 valence electrons. The summed E-state index contributed by atoms with van der Waals surface area (Å²) in [6.45, 7) is 0. The standard InChI is InChI=1S/C10H9IN2/c11-5-1-3-9(7-12)10-4-2-6-13-8-10/h1-8,12H/b5-1-,9-3+,12-7?. The highest BCUT2D eigenvalue weighted by Gasteiger charge is 1.94. The second-order valence-corrected chi connectivity index (χ2v) is 3.05. The van der Waals surface area contributed by atoms with Crippen LogP contribution < -0.4 is 0 Å². The lowest BCUT2D eigenvalue weighted by molar-refractivity contribution is 1.31. The second kappa shape index (κ2) is 5.64. The maximum Gasteiger partial charge on any atom is 0.0346 e. The largest absolute Gasteiger partial charge is 0.308 e. The first-order valence-corrected chi connectivity index (χ1v) is 5.01. The SMILES string of the molecule is N=C/C(=C\C=C/I)c1cccnc1. The fourth-order valence-corrected chi connectivity index (χ4v) is 1.11. The summed E-state index contributed by atoms with van der Waals surface area (Å²) in [6.07, 6.45) is 8.58. The summed E-state index contributed by atoms with van der Waals surface area (Å²) in [5, 5.41) is 7.22. The van der Waals surface area contributed by atoms with Crippen LogP contribution in [-0.4, -0.2) is 11.2 Å². The lowest BCUT2D eigenvalue weighted by Crippen LogP contribution is -1.84. The summed E-state index contributed by atoms with van der Waals surface area (Å²) >= 11 is 2.14. The van der Waals surface area contributed by atoms with Crippen molar-refractivity contribution in [1.29, 1.82) is 5.41 Å². The van der Waals surface area contributed by atoms with Crippen molar-refractivity contribution in [2.75, 3.05) is 0 Å². The third-order valence-electron chi connectivity index (χ3n) is 1.50. The van der Waals surface area contributed by atoms with Gasteiger partial charge in [0.2, 0.25) is 0 Å². The number of nitrogens with zero attached hydrogens (tertiary/aromatic N) is 1. The summed E-state index contributed by atoms with van der Waals surface area (Å²) < 4.78 is 1.90. The molecule has 0 aliphatic rings. The van der Waals surface area contributed by atoms with E-state index in [1.54, 1.807) is 12.4 Å². The van der Waals surface area contributed by atoms with Gasteiger partial charge in [-0.05, 0) is 10.1 Å². The van der Waals surface area contributed by atoms with Crippen molar-refractivity contribution in [2.45, 2.75) is 0 Å². The number of halogens is 1. The van der Waals surface area contributed by atoms with Crippen LogP contribution in [0.1, 0.15) is 5.56 Å². The monoisotopic (exact) mass is 284 g/mol. The Morgan fingerprint density at radius 2 is 2.38 bits per heavy atom. The van der Waals surface area contributed by atoms with Gasteiger partial charge in [0.05, 0.1) is 0 Å². The normalized spacial score (nSPS) is 11.9. The zero-order valence-corrected chi connectivity index (χ0v) is 9.10. The predicted octanol–water partition coefficient (Wildman–Crippen LogP) is 3.06. The molecule has 0 bridgehead atoms. The van der Waals surface area contributed by atoms with Crippen molar-refractivity contribution in [3.05, 3.63) is 46.3 Å². The fourth-order valence-electron chi connectivity index (χ4n) is 0.901. The molecule has 0 aromatic carbocycles. The highest BCUT2D eigenvalue weighted by molar-refractivity contribution is 14.1. The number of hydrogen-bond acceptors (Lipinski definition) is 2. The molecule has 1 rings (SSSR count). The van der Waals surface area contributed by atoms with Gasteiger partial charge in [-0.15, -0.1) is 0 Å². The van der Waals surface area contributed by atoms with E-state index in [-0.39, 0.29) is 0 Å². The molecule has 0 saturated carbocycles. The van der Waals surface area contributed by atoms with Gasteiger partial charge in [-0.1, -0.05) is 40.8 Å². The molecule has 0 radical (unpaired) electrons. The highest BCUT2D eigenvalue weighted by atomic mass is 127. The molecule has 2 nitrogen and oxygen atoms in total. The highest BCUT2D eigenvalue weighted by Crippen LogP contribution is 2.10. The Labute approximate surface area is 91.0 Å².